The van der Waals surface area contributed by atoms with Crippen molar-refractivity contribution in [3.05, 3.63) is 0 Å². The van der Waals surface area contributed by atoms with Crippen LogP contribution < -0.4 is 0 Å². The molecule has 0 aromatic carbocycles. The van der Waals surface area contributed by atoms with Crippen molar-refractivity contribution in [3.63, 3.8) is 0 Å². The van der Waals surface area contributed by atoms with E-state index >= 15 is 0 Å². The second kappa shape index (κ2) is 3.75. The SMILES string of the molecule is CCCC1(Br)CCCCC1. The van der Waals surface area contributed by atoms with Crippen LogP contribution in [0.2, 0.25) is 0 Å². The Bertz CT molecular complexity index is 87.4. The van der Waals surface area contributed by atoms with E-state index in [4.69, 9.17) is 0 Å². The third-order valence-corrected chi connectivity index (χ3v) is 3.64. The molecule has 0 spiro atoms. The zero-order valence-corrected chi connectivity index (χ0v) is 8.41. The molecule has 0 aliphatic heterocycles. The fourth-order valence-corrected chi connectivity index (χ4v) is 2.84. The molecule has 0 radical (unpaired) electrons. The van der Waals surface area contributed by atoms with Gasteiger partial charge in [0.25, 0.3) is 0 Å². The quantitative estimate of drug-likeness (QED) is 0.600. The van der Waals surface area contributed by atoms with Gasteiger partial charge in [0.15, 0.2) is 0 Å². The molecule has 0 N–H and O–H groups in total. The molecule has 0 heterocycles. The first-order valence-corrected chi connectivity index (χ1v) is 5.25. The molecule has 10 heavy (non-hydrogen) atoms. The Balaban J connectivity index is 2.32. The van der Waals surface area contributed by atoms with Crippen molar-refractivity contribution in [1.82, 2.24) is 0 Å². The molecule has 0 unspecified atom stereocenters. The van der Waals surface area contributed by atoms with Crippen LogP contribution in [0.3, 0.4) is 0 Å². The minimum atomic E-state index is 0.542. The van der Waals surface area contributed by atoms with Crippen molar-refractivity contribution in [2.45, 2.75) is 56.2 Å². The van der Waals surface area contributed by atoms with Crippen LogP contribution in [0, 0.1) is 0 Å². The number of alkyl halides is 1. The van der Waals surface area contributed by atoms with Crippen LogP contribution in [-0.4, -0.2) is 4.32 Å². The first-order valence-electron chi connectivity index (χ1n) is 4.46. The van der Waals surface area contributed by atoms with Gasteiger partial charge < -0.3 is 0 Å². The van der Waals surface area contributed by atoms with E-state index < -0.39 is 0 Å². The van der Waals surface area contributed by atoms with E-state index in [1.54, 1.807) is 0 Å². The lowest BCUT2D eigenvalue weighted by Crippen LogP contribution is -2.23. The summed E-state index contributed by atoms with van der Waals surface area (Å²) in [6.07, 6.45) is 9.83. The normalized spacial score (nSPS) is 24.6. The maximum absolute atomic E-state index is 3.86. The maximum atomic E-state index is 3.86. The highest BCUT2D eigenvalue weighted by Gasteiger charge is 2.27. The molecular weight excluding hydrogens is 188 g/mol. The molecule has 0 bridgehead atoms. The van der Waals surface area contributed by atoms with Crippen molar-refractivity contribution in [3.8, 4) is 0 Å². The van der Waals surface area contributed by atoms with Crippen LogP contribution in [0.4, 0.5) is 0 Å². The lowest BCUT2D eigenvalue weighted by molar-refractivity contribution is 0.383. The van der Waals surface area contributed by atoms with Gasteiger partial charge in [0, 0.05) is 4.32 Å². The number of halogens is 1. The predicted octanol–water partition coefficient (Wildman–Crippen LogP) is 3.88. The highest BCUT2D eigenvalue weighted by molar-refractivity contribution is 9.10. The standard InChI is InChI=1S/C9H17Br/c1-2-6-9(10)7-4-3-5-8-9/h2-8H2,1H3. The van der Waals surface area contributed by atoms with E-state index in [1.807, 2.05) is 0 Å². The Hall–Kier alpha value is 0.480. The van der Waals surface area contributed by atoms with Crippen molar-refractivity contribution in [1.29, 1.82) is 0 Å². The molecular formula is C9H17Br. The second-order valence-electron chi connectivity index (χ2n) is 3.46. The maximum Gasteiger partial charge on any atom is 0.0258 e. The van der Waals surface area contributed by atoms with E-state index in [0.717, 1.165) is 0 Å². The summed E-state index contributed by atoms with van der Waals surface area (Å²) in [4.78, 5) is 0. The van der Waals surface area contributed by atoms with Crippen LogP contribution >= 0.6 is 15.9 Å². The van der Waals surface area contributed by atoms with Crippen LogP contribution in [0.5, 0.6) is 0 Å². The molecule has 1 rings (SSSR count). The van der Waals surface area contributed by atoms with Crippen molar-refractivity contribution < 1.29 is 0 Å². The summed E-state index contributed by atoms with van der Waals surface area (Å²) in [5.41, 5.74) is 0. The van der Waals surface area contributed by atoms with E-state index in [0.29, 0.717) is 4.32 Å². The lowest BCUT2D eigenvalue weighted by atomic mass is 9.86. The molecule has 1 aliphatic carbocycles. The smallest absolute Gasteiger partial charge is 0.0258 e. The van der Waals surface area contributed by atoms with Gasteiger partial charge in [-0.25, -0.2) is 0 Å². The van der Waals surface area contributed by atoms with E-state index in [2.05, 4.69) is 22.9 Å². The van der Waals surface area contributed by atoms with Gasteiger partial charge in [-0.05, 0) is 19.3 Å². The summed E-state index contributed by atoms with van der Waals surface area (Å²) < 4.78 is 0.542. The average Bonchev–Trinajstić information content (AvgIpc) is 1.89. The van der Waals surface area contributed by atoms with Crippen LogP contribution in [0.25, 0.3) is 0 Å². The second-order valence-corrected chi connectivity index (χ2v) is 5.14. The summed E-state index contributed by atoms with van der Waals surface area (Å²) in [6, 6.07) is 0. The zero-order valence-electron chi connectivity index (χ0n) is 6.83. The minimum Gasteiger partial charge on any atom is -0.0853 e. The summed E-state index contributed by atoms with van der Waals surface area (Å²) in [5, 5.41) is 0. The third-order valence-electron chi connectivity index (χ3n) is 2.45. The summed E-state index contributed by atoms with van der Waals surface area (Å²) in [5.74, 6) is 0. The van der Waals surface area contributed by atoms with Crippen LogP contribution in [0.1, 0.15) is 51.9 Å². The highest BCUT2D eigenvalue weighted by atomic mass is 79.9. The molecule has 1 fully saturated rings. The van der Waals surface area contributed by atoms with Gasteiger partial charge in [0.1, 0.15) is 0 Å². The number of rotatable bonds is 2. The van der Waals surface area contributed by atoms with E-state index in [9.17, 15) is 0 Å². The number of hydrogen-bond donors (Lipinski definition) is 0. The largest absolute Gasteiger partial charge is 0.0853 e. The summed E-state index contributed by atoms with van der Waals surface area (Å²) >= 11 is 3.86. The van der Waals surface area contributed by atoms with E-state index in [1.165, 1.54) is 44.9 Å². The molecule has 0 aromatic heterocycles. The Morgan fingerprint density at radius 1 is 1.20 bits per heavy atom. The summed E-state index contributed by atoms with van der Waals surface area (Å²) in [6.45, 7) is 2.28. The Morgan fingerprint density at radius 3 is 2.30 bits per heavy atom. The van der Waals surface area contributed by atoms with Gasteiger partial charge in [0.2, 0.25) is 0 Å². The van der Waals surface area contributed by atoms with Crippen molar-refractivity contribution in [2.75, 3.05) is 0 Å². The van der Waals surface area contributed by atoms with E-state index in [-0.39, 0.29) is 0 Å². The Morgan fingerprint density at radius 2 is 1.80 bits per heavy atom. The van der Waals surface area contributed by atoms with Crippen molar-refractivity contribution >= 4 is 15.9 Å². The summed E-state index contributed by atoms with van der Waals surface area (Å²) in [7, 11) is 0. The molecule has 1 aliphatic rings. The highest BCUT2D eigenvalue weighted by Crippen LogP contribution is 2.39. The molecule has 60 valence electrons. The topological polar surface area (TPSA) is 0 Å². The minimum absolute atomic E-state index is 0.542. The molecule has 1 saturated carbocycles. The monoisotopic (exact) mass is 204 g/mol. The lowest BCUT2D eigenvalue weighted by Gasteiger charge is -2.31. The molecule has 0 amide bonds. The zero-order chi connectivity index (χ0) is 7.45. The first-order chi connectivity index (χ1) is 4.77. The molecule has 0 nitrogen and oxygen atoms in total. The molecule has 0 aromatic rings. The third kappa shape index (κ3) is 2.26. The Kier molecular flexibility index (Phi) is 3.22. The number of hydrogen-bond acceptors (Lipinski definition) is 0. The first kappa shape index (κ1) is 8.58. The van der Waals surface area contributed by atoms with Gasteiger partial charge in [0.05, 0.1) is 0 Å². The fourth-order valence-electron chi connectivity index (χ4n) is 1.88. The van der Waals surface area contributed by atoms with Gasteiger partial charge in [-0.2, -0.15) is 0 Å². The average molecular weight is 205 g/mol. The molecule has 0 atom stereocenters. The van der Waals surface area contributed by atoms with Crippen molar-refractivity contribution in [2.24, 2.45) is 0 Å². The van der Waals surface area contributed by atoms with Crippen LogP contribution in [-0.2, 0) is 0 Å². The molecule has 0 saturated heterocycles. The van der Waals surface area contributed by atoms with Crippen LogP contribution in [0.15, 0.2) is 0 Å². The predicted molar refractivity (Wildman–Crippen MR) is 49.7 cm³/mol. The molecule has 1 heteroatoms. The fraction of sp³-hybridized carbons (Fsp3) is 1.00. The van der Waals surface area contributed by atoms with Gasteiger partial charge in [-0.3, -0.25) is 0 Å². The van der Waals surface area contributed by atoms with Gasteiger partial charge in [-0.1, -0.05) is 48.5 Å². The van der Waals surface area contributed by atoms with Gasteiger partial charge in [-0.15, -0.1) is 0 Å². The van der Waals surface area contributed by atoms with Gasteiger partial charge >= 0.3 is 0 Å². The Labute approximate surface area is 72.5 Å².